The van der Waals surface area contributed by atoms with Crippen molar-refractivity contribution < 1.29 is 4.79 Å². The highest BCUT2D eigenvalue weighted by atomic mass is 127. The zero-order chi connectivity index (χ0) is 13.9. The predicted molar refractivity (Wildman–Crippen MR) is 90.1 cm³/mol. The maximum absolute atomic E-state index is 12.7. The van der Waals surface area contributed by atoms with Gasteiger partial charge in [-0.15, -0.1) is 0 Å². The lowest BCUT2D eigenvalue weighted by atomic mass is 9.89. The quantitative estimate of drug-likeness (QED) is 0.550. The van der Waals surface area contributed by atoms with Gasteiger partial charge in [0.05, 0.1) is 0 Å². The average molecular weight is 376 g/mol. The molecule has 0 aliphatic heterocycles. The molecule has 1 atom stereocenters. The molecule has 0 saturated heterocycles. The second-order valence-electron chi connectivity index (χ2n) is 5.44. The molecule has 1 aliphatic rings. The molecule has 0 aromatic heterocycles. The zero-order valence-corrected chi connectivity index (χ0v) is 13.5. The van der Waals surface area contributed by atoms with Crippen LogP contribution in [0.1, 0.15) is 34.3 Å². The third-order valence-electron chi connectivity index (χ3n) is 4.05. The molecule has 3 rings (SSSR count). The fraction of sp³-hybridized carbons (Fsp3) is 0.278. The van der Waals surface area contributed by atoms with Crippen molar-refractivity contribution in [2.75, 3.05) is 0 Å². The van der Waals surface area contributed by atoms with Gasteiger partial charge in [0.1, 0.15) is 0 Å². The molecule has 2 heteroatoms. The summed E-state index contributed by atoms with van der Waals surface area (Å²) < 4.78 is 1.24. The molecule has 0 bridgehead atoms. The number of Topliss-reactive ketones (excluding diaryl/α,β-unsaturated/α-hetero) is 1. The van der Waals surface area contributed by atoms with E-state index in [0.29, 0.717) is 5.78 Å². The first-order valence-corrected chi connectivity index (χ1v) is 8.18. The van der Waals surface area contributed by atoms with Crippen LogP contribution < -0.4 is 0 Å². The van der Waals surface area contributed by atoms with Gasteiger partial charge in [0.2, 0.25) is 0 Å². The van der Waals surface area contributed by atoms with Crippen molar-refractivity contribution in [3.8, 4) is 0 Å². The van der Waals surface area contributed by atoms with Crippen LogP contribution >= 0.6 is 22.6 Å². The van der Waals surface area contributed by atoms with Crippen LogP contribution in [0.5, 0.6) is 0 Å². The van der Waals surface area contributed by atoms with Crippen molar-refractivity contribution >= 4 is 28.4 Å². The highest BCUT2D eigenvalue weighted by molar-refractivity contribution is 14.1. The van der Waals surface area contributed by atoms with E-state index in [-0.39, 0.29) is 5.92 Å². The molecule has 2 aromatic rings. The fourth-order valence-corrected chi connectivity index (χ4v) is 3.33. The molecular formula is C18H17IO. The number of benzene rings is 2. The van der Waals surface area contributed by atoms with Gasteiger partial charge < -0.3 is 0 Å². The van der Waals surface area contributed by atoms with Gasteiger partial charge in [-0.2, -0.15) is 0 Å². The predicted octanol–water partition coefficient (Wildman–Crippen LogP) is 4.67. The number of hydrogen-bond acceptors (Lipinski definition) is 1. The smallest absolute Gasteiger partial charge is 0.166 e. The Balaban J connectivity index is 1.84. The highest BCUT2D eigenvalue weighted by Crippen LogP contribution is 2.27. The number of aryl methyl sites for hydroxylation is 1. The van der Waals surface area contributed by atoms with Crippen LogP contribution in [-0.2, 0) is 12.8 Å². The summed E-state index contributed by atoms with van der Waals surface area (Å²) in [7, 11) is 0. The van der Waals surface area contributed by atoms with Crippen LogP contribution in [0.15, 0.2) is 48.5 Å². The summed E-state index contributed by atoms with van der Waals surface area (Å²) in [6, 6.07) is 16.6. The first-order chi connectivity index (χ1) is 9.74. The van der Waals surface area contributed by atoms with Crippen molar-refractivity contribution in [3.05, 3.63) is 68.8 Å². The van der Waals surface area contributed by atoms with Crippen LogP contribution in [0.25, 0.3) is 0 Å². The van der Waals surface area contributed by atoms with Crippen molar-refractivity contribution in [3.63, 3.8) is 0 Å². The SMILES string of the molecule is O=C1c2ccccc2CCCC1Cc1ccc(I)cc1. The molecule has 0 fully saturated rings. The number of carbonyl (C=O) groups excluding carboxylic acids is 1. The largest absolute Gasteiger partial charge is 0.294 e. The van der Waals surface area contributed by atoms with Crippen molar-refractivity contribution in [2.24, 2.45) is 5.92 Å². The van der Waals surface area contributed by atoms with E-state index < -0.39 is 0 Å². The van der Waals surface area contributed by atoms with Crippen LogP contribution in [0, 0.1) is 9.49 Å². The Bertz CT molecular complexity index is 616. The lowest BCUT2D eigenvalue weighted by Gasteiger charge is -2.13. The molecule has 0 heterocycles. The van der Waals surface area contributed by atoms with Gasteiger partial charge in [-0.3, -0.25) is 4.79 Å². The summed E-state index contributed by atoms with van der Waals surface area (Å²) in [5.74, 6) is 0.468. The lowest BCUT2D eigenvalue weighted by molar-refractivity contribution is 0.0915. The van der Waals surface area contributed by atoms with E-state index in [1.165, 1.54) is 14.7 Å². The Labute approximate surface area is 133 Å². The summed E-state index contributed by atoms with van der Waals surface area (Å²) in [5.41, 5.74) is 3.44. The number of rotatable bonds is 2. The average Bonchev–Trinajstić information content (AvgIpc) is 2.62. The molecule has 0 radical (unpaired) electrons. The lowest BCUT2D eigenvalue weighted by Crippen LogP contribution is -2.16. The third-order valence-corrected chi connectivity index (χ3v) is 4.77. The second kappa shape index (κ2) is 6.08. The molecule has 0 spiro atoms. The molecule has 0 N–H and O–H groups in total. The van der Waals surface area contributed by atoms with Gasteiger partial charge in [0, 0.05) is 15.1 Å². The maximum atomic E-state index is 12.7. The standard InChI is InChI=1S/C18H17IO/c19-16-10-8-13(9-11-16)12-15-6-3-5-14-4-1-2-7-17(14)18(15)20/h1-2,4,7-11,15H,3,5-6,12H2. The number of hydrogen-bond donors (Lipinski definition) is 0. The van der Waals surface area contributed by atoms with Crippen molar-refractivity contribution in [1.29, 1.82) is 0 Å². The highest BCUT2D eigenvalue weighted by Gasteiger charge is 2.25. The van der Waals surface area contributed by atoms with E-state index in [2.05, 4.69) is 52.9 Å². The number of carbonyl (C=O) groups is 1. The summed E-state index contributed by atoms with van der Waals surface area (Å²) in [5, 5.41) is 0. The molecule has 0 amide bonds. The molecular weight excluding hydrogens is 359 g/mol. The third kappa shape index (κ3) is 2.95. The molecule has 102 valence electrons. The maximum Gasteiger partial charge on any atom is 0.166 e. The van der Waals surface area contributed by atoms with Crippen LogP contribution in [0.4, 0.5) is 0 Å². The van der Waals surface area contributed by atoms with Crippen LogP contribution in [0.3, 0.4) is 0 Å². The van der Waals surface area contributed by atoms with E-state index in [4.69, 9.17) is 0 Å². The van der Waals surface area contributed by atoms with E-state index >= 15 is 0 Å². The van der Waals surface area contributed by atoms with Gasteiger partial charge in [-0.05, 0) is 71.5 Å². The molecule has 1 aliphatic carbocycles. The Morgan fingerprint density at radius 2 is 1.80 bits per heavy atom. The van der Waals surface area contributed by atoms with E-state index in [1.54, 1.807) is 0 Å². The number of halogens is 1. The summed E-state index contributed by atoms with van der Waals surface area (Å²) in [4.78, 5) is 12.7. The monoisotopic (exact) mass is 376 g/mol. The van der Waals surface area contributed by atoms with Crippen LogP contribution in [0.2, 0.25) is 0 Å². The molecule has 1 unspecified atom stereocenters. The number of ketones is 1. The minimum atomic E-state index is 0.138. The Morgan fingerprint density at radius 1 is 1.05 bits per heavy atom. The van der Waals surface area contributed by atoms with Gasteiger partial charge in [0.25, 0.3) is 0 Å². The van der Waals surface area contributed by atoms with Crippen molar-refractivity contribution in [1.82, 2.24) is 0 Å². The Kier molecular flexibility index (Phi) is 4.20. The Hall–Kier alpha value is -1.16. The van der Waals surface area contributed by atoms with Gasteiger partial charge in [0.15, 0.2) is 5.78 Å². The summed E-state index contributed by atoms with van der Waals surface area (Å²) >= 11 is 2.31. The van der Waals surface area contributed by atoms with Crippen molar-refractivity contribution in [2.45, 2.75) is 25.7 Å². The van der Waals surface area contributed by atoms with Crippen LogP contribution in [-0.4, -0.2) is 5.78 Å². The first-order valence-electron chi connectivity index (χ1n) is 7.10. The molecule has 1 nitrogen and oxygen atoms in total. The minimum Gasteiger partial charge on any atom is -0.294 e. The number of fused-ring (bicyclic) bond motifs is 1. The Morgan fingerprint density at radius 3 is 2.60 bits per heavy atom. The summed E-state index contributed by atoms with van der Waals surface area (Å²) in [6.07, 6.45) is 4.01. The first kappa shape index (κ1) is 13.8. The molecule has 20 heavy (non-hydrogen) atoms. The summed E-state index contributed by atoms with van der Waals surface area (Å²) in [6.45, 7) is 0. The normalized spacial score (nSPS) is 18.4. The van der Waals surface area contributed by atoms with Gasteiger partial charge in [-0.25, -0.2) is 0 Å². The topological polar surface area (TPSA) is 17.1 Å². The van der Waals surface area contributed by atoms with E-state index in [9.17, 15) is 4.79 Å². The van der Waals surface area contributed by atoms with Gasteiger partial charge in [-0.1, -0.05) is 36.4 Å². The zero-order valence-electron chi connectivity index (χ0n) is 11.3. The van der Waals surface area contributed by atoms with E-state index in [1.807, 2.05) is 18.2 Å². The molecule has 2 aromatic carbocycles. The van der Waals surface area contributed by atoms with E-state index in [0.717, 1.165) is 31.2 Å². The molecule has 0 saturated carbocycles. The fourth-order valence-electron chi connectivity index (χ4n) is 2.97. The minimum absolute atomic E-state index is 0.138. The van der Waals surface area contributed by atoms with Gasteiger partial charge >= 0.3 is 0 Å². The second-order valence-corrected chi connectivity index (χ2v) is 6.69.